The fourth-order valence-electron chi connectivity index (χ4n) is 3.93. The van der Waals surface area contributed by atoms with E-state index in [2.05, 4.69) is 16.2 Å². The molecule has 1 amide bonds. The first-order valence-corrected chi connectivity index (χ1v) is 10.3. The van der Waals surface area contributed by atoms with Crippen molar-refractivity contribution in [3.63, 3.8) is 0 Å². The van der Waals surface area contributed by atoms with E-state index in [1.165, 1.54) is 4.68 Å². The molecule has 2 heterocycles. The Hall–Kier alpha value is -3.93. The lowest BCUT2D eigenvalue weighted by Crippen LogP contribution is -2.25. The number of carbonyl (C=O) groups excluding carboxylic acids is 1. The maximum absolute atomic E-state index is 13.0. The van der Waals surface area contributed by atoms with Crippen molar-refractivity contribution in [2.45, 2.75) is 13.0 Å². The standard InChI is InChI=1S/C24H24N6O2/c1-16-21(24(32)30(29(16)2)20-11-7-4-8-12-20)27-23(31)18(14-25)13-19-15-26-28-22(19)17-9-5-3-6-10-17/h3-13,19,22,26,28H,15H2,1-2H3,(H,27,31)/b18-13-. The molecule has 0 aliphatic carbocycles. The van der Waals surface area contributed by atoms with E-state index in [-0.39, 0.29) is 28.8 Å². The lowest BCUT2D eigenvalue weighted by molar-refractivity contribution is -0.112. The molecule has 2 atom stereocenters. The van der Waals surface area contributed by atoms with Crippen molar-refractivity contribution in [2.75, 3.05) is 11.9 Å². The molecule has 32 heavy (non-hydrogen) atoms. The predicted octanol–water partition coefficient (Wildman–Crippen LogP) is 2.34. The molecular weight excluding hydrogens is 404 g/mol. The zero-order valence-corrected chi connectivity index (χ0v) is 17.9. The molecule has 162 valence electrons. The fraction of sp³-hybridized carbons (Fsp3) is 0.208. The number of hydrogen-bond donors (Lipinski definition) is 3. The van der Waals surface area contributed by atoms with E-state index < -0.39 is 5.91 Å². The van der Waals surface area contributed by atoms with Gasteiger partial charge in [-0.2, -0.15) is 5.26 Å². The third-order valence-corrected chi connectivity index (χ3v) is 5.72. The van der Waals surface area contributed by atoms with Crippen LogP contribution in [0.3, 0.4) is 0 Å². The molecule has 0 radical (unpaired) electrons. The number of amides is 1. The van der Waals surface area contributed by atoms with Gasteiger partial charge in [0.2, 0.25) is 0 Å². The summed E-state index contributed by atoms with van der Waals surface area (Å²) < 4.78 is 3.16. The summed E-state index contributed by atoms with van der Waals surface area (Å²) in [5.74, 6) is -0.701. The van der Waals surface area contributed by atoms with Gasteiger partial charge in [0, 0.05) is 19.5 Å². The number of anilines is 1. The number of benzene rings is 2. The molecule has 1 aliphatic rings. The Morgan fingerprint density at radius 2 is 1.81 bits per heavy atom. The molecule has 3 N–H and O–H groups in total. The first-order chi connectivity index (χ1) is 15.5. The smallest absolute Gasteiger partial charge is 0.295 e. The van der Waals surface area contributed by atoms with Crippen molar-refractivity contribution >= 4 is 11.6 Å². The summed E-state index contributed by atoms with van der Waals surface area (Å²) in [4.78, 5) is 26.0. The second-order valence-corrected chi connectivity index (χ2v) is 7.66. The first kappa shape index (κ1) is 21.3. The van der Waals surface area contributed by atoms with Crippen LogP contribution in [0.2, 0.25) is 0 Å². The number of carbonyl (C=O) groups is 1. The van der Waals surface area contributed by atoms with Crippen LogP contribution >= 0.6 is 0 Å². The molecule has 4 rings (SSSR count). The van der Waals surface area contributed by atoms with Crippen LogP contribution in [0.4, 0.5) is 5.69 Å². The molecule has 0 bridgehead atoms. The number of aromatic nitrogens is 2. The Labute approximate surface area is 185 Å². The molecule has 3 aromatic rings. The Morgan fingerprint density at radius 3 is 2.47 bits per heavy atom. The van der Waals surface area contributed by atoms with E-state index in [4.69, 9.17) is 0 Å². The van der Waals surface area contributed by atoms with Gasteiger partial charge in [-0.3, -0.25) is 19.7 Å². The molecule has 1 saturated heterocycles. The number of hydrogen-bond acceptors (Lipinski definition) is 5. The lowest BCUT2D eigenvalue weighted by Gasteiger charge is -2.16. The molecule has 2 aromatic carbocycles. The Morgan fingerprint density at radius 1 is 1.16 bits per heavy atom. The van der Waals surface area contributed by atoms with Gasteiger partial charge in [0.1, 0.15) is 17.3 Å². The Bertz CT molecular complexity index is 1250. The summed E-state index contributed by atoms with van der Waals surface area (Å²) in [6.07, 6.45) is 1.66. The second-order valence-electron chi connectivity index (χ2n) is 7.66. The van der Waals surface area contributed by atoms with Crippen LogP contribution in [-0.2, 0) is 11.8 Å². The monoisotopic (exact) mass is 428 g/mol. The topological polar surface area (TPSA) is 104 Å². The van der Waals surface area contributed by atoms with E-state index in [0.717, 1.165) is 5.56 Å². The number of rotatable bonds is 5. The number of hydrazine groups is 1. The van der Waals surface area contributed by atoms with Crippen molar-refractivity contribution in [2.24, 2.45) is 13.0 Å². The quantitative estimate of drug-likeness (QED) is 0.428. The highest BCUT2D eigenvalue weighted by Crippen LogP contribution is 2.27. The Balaban J connectivity index is 1.61. The van der Waals surface area contributed by atoms with Crippen LogP contribution < -0.4 is 21.7 Å². The van der Waals surface area contributed by atoms with E-state index in [0.29, 0.717) is 17.9 Å². The summed E-state index contributed by atoms with van der Waals surface area (Å²) >= 11 is 0. The normalized spacial score (nSPS) is 18.3. The maximum Gasteiger partial charge on any atom is 0.295 e. The van der Waals surface area contributed by atoms with Crippen LogP contribution in [0.25, 0.3) is 5.69 Å². The first-order valence-electron chi connectivity index (χ1n) is 10.3. The minimum Gasteiger partial charge on any atom is -0.315 e. The van der Waals surface area contributed by atoms with Crippen LogP contribution in [0.15, 0.2) is 77.1 Å². The van der Waals surface area contributed by atoms with Crippen molar-refractivity contribution in [3.05, 3.63) is 93.9 Å². The van der Waals surface area contributed by atoms with Crippen molar-refractivity contribution in [1.82, 2.24) is 20.2 Å². The van der Waals surface area contributed by atoms with Crippen molar-refractivity contribution in [1.29, 1.82) is 5.26 Å². The fourth-order valence-corrected chi connectivity index (χ4v) is 3.93. The molecule has 1 aliphatic heterocycles. The van der Waals surface area contributed by atoms with Gasteiger partial charge >= 0.3 is 0 Å². The van der Waals surface area contributed by atoms with Gasteiger partial charge in [-0.15, -0.1) is 0 Å². The van der Waals surface area contributed by atoms with Crippen molar-refractivity contribution < 1.29 is 4.79 Å². The minimum atomic E-state index is -0.600. The summed E-state index contributed by atoms with van der Waals surface area (Å²) in [5, 5.41) is 12.3. The third-order valence-electron chi connectivity index (χ3n) is 5.72. The van der Waals surface area contributed by atoms with Gasteiger partial charge in [-0.25, -0.2) is 10.1 Å². The number of para-hydroxylation sites is 1. The molecular formula is C24H24N6O2. The van der Waals surface area contributed by atoms with Crippen LogP contribution in [0.1, 0.15) is 17.3 Å². The van der Waals surface area contributed by atoms with Crippen LogP contribution in [0, 0.1) is 24.2 Å². The third kappa shape index (κ3) is 3.99. The summed E-state index contributed by atoms with van der Waals surface area (Å²) in [5.41, 5.74) is 8.40. The second kappa shape index (κ2) is 9.06. The van der Waals surface area contributed by atoms with Crippen molar-refractivity contribution in [3.8, 4) is 11.8 Å². The average molecular weight is 428 g/mol. The summed E-state index contributed by atoms with van der Waals surface area (Å²) in [7, 11) is 1.75. The molecule has 2 unspecified atom stereocenters. The number of nitriles is 1. The van der Waals surface area contributed by atoms with Gasteiger partial charge in [-0.1, -0.05) is 54.6 Å². The zero-order chi connectivity index (χ0) is 22.7. The highest BCUT2D eigenvalue weighted by atomic mass is 16.2. The van der Waals surface area contributed by atoms with E-state index in [9.17, 15) is 14.9 Å². The maximum atomic E-state index is 13.0. The lowest BCUT2D eigenvalue weighted by atomic mass is 9.93. The van der Waals surface area contributed by atoms with Crippen LogP contribution in [-0.4, -0.2) is 21.8 Å². The largest absolute Gasteiger partial charge is 0.315 e. The molecule has 1 fully saturated rings. The zero-order valence-electron chi connectivity index (χ0n) is 17.9. The summed E-state index contributed by atoms with van der Waals surface area (Å²) in [6, 6.07) is 20.9. The van der Waals surface area contributed by atoms with Gasteiger partial charge in [0.05, 0.1) is 17.4 Å². The van der Waals surface area contributed by atoms with Gasteiger partial charge < -0.3 is 5.32 Å². The molecule has 0 saturated carbocycles. The van der Waals surface area contributed by atoms with Gasteiger partial charge in [-0.05, 0) is 24.6 Å². The molecule has 0 spiro atoms. The highest BCUT2D eigenvalue weighted by molar-refractivity contribution is 6.06. The number of nitrogens with one attached hydrogen (secondary N) is 3. The molecule has 8 nitrogen and oxygen atoms in total. The summed E-state index contributed by atoms with van der Waals surface area (Å²) in [6.45, 7) is 2.33. The molecule has 1 aromatic heterocycles. The molecule has 8 heteroatoms. The van der Waals surface area contributed by atoms with E-state index >= 15 is 0 Å². The van der Waals surface area contributed by atoms with E-state index in [1.807, 2.05) is 66.7 Å². The number of nitrogens with zero attached hydrogens (tertiary/aromatic N) is 3. The highest BCUT2D eigenvalue weighted by Gasteiger charge is 2.28. The predicted molar refractivity (Wildman–Crippen MR) is 122 cm³/mol. The Kier molecular flexibility index (Phi) is 6.03. The van der Waals surface area contributed by atoms with Crippen LogP contribution in [0.5, 0.6) is 0 Å². The van der Waals surface area contributed by atoms with E-state index in [1.54, 1.807) is 24.7 Å². The average Bonchev–Trinajstić information content (AvgIpc) is 3.37. The van der Waals surface area contributed by atoms with Gasteiger partial charge in [0.25, 0.3) is 11.5 Å². The minimum absolute atomic E-state index is 0.0321. The SMILES string of the molecule is Cc1c(NC(=O)/C(C#N)=C\C2CNNC2c2ccccc2)c(=O)n(-c2ccccc2)n1C. The van der Waals surface area contributed by atoms with Gasteiger partial charge in [0.15, 0.2) is 0 Å².